The van der Waals surface area contributed by atoms with Gasteiger partial charge in [-0.3, -0.25) is 9.59 Å². The molecule has 9 heteroatoms. The Hall–Kier alpha value is -2.91. The molecule has 0 bridgehead atoms. The first-order valence-electron chi connectivity index (χ1n) is 12.8. The predicted octanol–water partition coefficient (Wildman–Crippen LogP) is 3.70. The number of nitrogens with zero attached hydrogens (tertiary/aromatic N) is 3. The van der Waals surface area contributed by atoms with Crippen LogP contribution in [0.1, 0.15) is 54.9 Å². The van der Waals surface area contributed by atoms with Gasteiger partial charge in [0.15, 0.2) is 0 Å². The van der Waals surface area contributed by atoms with E-state index in [1.54, 1.807) is 13.0 Å². The van der Waals surface area contributed by atoms with E-state index in [9.17, 15) is 18.0 Å². The Labute approximate surface area is 221 Å². The minimum absolute atomic E-state index is 0.117. The van der Waals surface area contributed by atoms with E-state index in [1.165, 1.54) is 19.0 Å². The van der Waals surface area contributed by atoms with E-state index in [4.69, 9.17) is 0 Å². The maximum absolute atomic E-state index is 13.9. The first-order chi connectivity index (χ1) is 17.4. The average Bonchev–Trinajstić information content (AvgIpc) is 3.35. The number of hydrogen-bond acceptors (Lipinski definition) is 4. The zero-order valence-corrected chi connectivity index (χ0v) is 23.6. The Morgan fingerprint density at radius 2 is 1.65 bits per heavy atom. The summed E-state index contributed by atoms with van der Waals surface area (Å²) in [5, 5.41) is 3.09. The van der Waals surface area contributed by atoms with Crippen LogP contribution in [0.25, 0.3) is 0 Å². The second-order valence-electron chi connectivity index (χ2n) is 10.3. The van der Waals surface area contributed by atoms with E-state index >= 15 is 0 Å². The molecule has 2 aromatic carbocycles. The Balaban J connectivity index is 1.96. The van der Waals surface area contributed by atoms with Gasteiger partial charge in [0.1, 0.15) is 12.6 Å². The third-order valence-electron chi connectivity index (χ3n) is 6.96. The summed E-state index contributed by atoms with van der Waals surface area (Å²) in [6.45, 7) is 7.16. The molecule has 1 N–H and O–H groups in total. The van der Waals surface area contributed by atoms with E-state index in [0.717, 1.165) is 56.5 Å². The SMILES string of the molecule is Cc1cccc(CN(C(=O)CN(c2cc(C)ccc2C)S(=O)(=O)N(C)C)[C@@H](C)C(=O)NC2CCCC2)c1. The van der Waals surface area contributed by atoms with Crippen LogP contribution < -0.4 is 9.62 Å². The topological polar surface area (TPSA) is 90.0 Å². The normalized spacial score (nSPS) is 15.0. The first kappa shape index (κ1) is 28.7. The Kier molecular flexibility index (Phi) is 9.36. The Morgan fingerprint density at radius 1 is 1.00 bits per heavy atom. The van der Waals surface area contributed by atoms with Gasteiger partial charge in [-0.1, -0.05) is 54.8 Å². The number of rotatable bonds is 10. The molecule has 0 aliphatic heterocycles. The van der Waals surface area contributed by atoms with Crippen molar-refractivity contribution >= 4 is 27.7 Å². The largest absolute Gasteiger partial charge is 0.352 e. The fraction of sp³-hybridized carbons (Fsp3) is 0.500. The van der Waals surface area contributed by atoms with Crippen LogP contribution in [0.4, 0.5) is 5.69 Å². The van der Waals surface area contributed by atoms with Crippen molar-refractivity contribution in [2.45, 2.75) is 72.0 Å². The average molecular weight is 529 g/mol. The summed E-state index contributed by atoms with van der Waals surface area (Å²) < 4.78 is 29.0. The molecule has 8 nitrogen and oxygen atoms in total. The fourth-order valence-electron chi connectivity index (χ4n) is 4.67. The van der Waals surface area contributed by atoms with Crippen molar-refractivity contribution < 1.29 is 18.0 Å². The molecule has 202 valence electrons. The number of carbonyl (C=O) groups excluding carboxylic acids is 2. The third-order valence-corrected chi connectivity index (χ3v) is 8.76. The zero-order chi connectivity index (χ0) is 27.3. The van der Waals surface area contributed by atoms with Gasteiger partial charge < -0.3 is 10.2 Å². The summed E-state index contributed by atoms with van der Waals surface area (Å²) in [7, 11) is -1.10. The van der Waals surface area contributed by atoms with Crippen LogP contribution in [-0.4, -0.2) is 62.2 Å². The maximum Gasteiger partial charge on any atom is 0.304 e. The molecule has 37 heavy (non-hydrogen) atoms. The fourth-order valence-corrected chi connectivity index (χ4v) is 5.78. The summed E-state index contributed by atoms with van der Waals surface area (Å²) in [5.41, 5.74) is 3.98. The van der Waals surface area contributed by atoms with Gasteiger partial charge >= 0.3 is 10.2 Å². The van der Waals surface area contributed by atoms with Crippen molar-refractivity contribution in [1.82, 2.24) is 14.5 Å². The summed E-state index contributed by atoms with van der Waals surface area (Å²) in [4.78, 5) is 28.6. The van der Waals surface area contributed by atoms with Gasteiger partial charge in [-0.15, -0.1) is 0 Å². The first-order valence-corrected chi connectivity index (χ1v) is 14.2. The number of carbonyl (C=O) groups is 2. The molecule has 2 aromatic rings. The highest BCUT2D eigenvalue weighted by Crippen LogP contribution is 2.26. The smallest absolute Gasteiger partial charge is 0.304 e. The molecule has 0 radical (unpaired) electrons. The molecule has 1 aliphatic rings. The van der Waals surface area contributed by atoms with Gasteiger partial charge in [0.05, 0.1) is 5.69 Å². The lowest BCUT2D eigenvalue weighted by molar-refractivity contribution is -0.139. The second-order valence-corrected chi connectivity index (χ2v) is 12.3. The highest BCUT2D eigenvalue weighted by atomic mass is 32.2. The van der Waals surface area contributed by atoms with Gasteiger partial charge in [0.2, 0.25) is 11.8 Å². The van der Waals surface area contributed by atoms with Crippen LogP contribution in [-0.2, 0) is 26.3 Å². The zero-order valence-electron chi connectivity index (χ0n) is 22.8. The van der Waals surface area contributed by atoms with Crippen LogP contribution >= 0.6 is 0 Å². The summed E-state index contributed by atoms with van der Waals surface area (Å²) in [6.07, 6.45) is 4.04. The predicted molar refractivity (Wildman–Crippen MR) is 147 cm³/mol. The highest BCUT2D eigenvalue weighted by molar-refractivity contribution is 7.90. The molecule has 1 aliphatic carbocycles. The molecule has 0 saturated heterocycles. The van der Waals surface area contributed by atoms with Crippen molar-refractivity contribution in [1.29, 1.82) is 0 Å². The lowest BCUT2D eigenvalue weighted by Gasteiger charge is -2.33. The van der Waals surface area contributed by atoms with Gasteiger partial charge in [0.25, 0.3) is 0 Å². The van der Waals surface area contributed by atoms with Crippen molar-refractivity contribution in [3.05, 3.63) is 64.7 Å². The van der Waals surface area contributed by atoms with Crippen LogP contribution in [0.15, 0.2) is 42.5 Å². The van der Waals surface area contributed by atoms with Crippen molar-refractivity contribution in [3.63, 3.8) is 0 Å². The Bertz CT molecular complexity index is 1220. The van der Waals surface area contributed by atoms with Gasteiger partial charge in [-0.2, -0.15) is 12.7 Å². The van der Waals surface area contributed by atoms with Crippen molar-refractivity contribution in [2.75, 3.05) is 24.9 Å². The van der Waals surface area contributed by atoms with Gasteiger partial charge in [-0.05, 0) is 63.3 Å². The minimum atomic E-state index is -3.99. The van der Waals surface area contributed by atoms with E-state index in [0.29, 0.717) is 5.69 Å². The van der Waals surface area contributed by atoms with Crippen molar-refractivity contribution in [3.8, 4) is 0 Å². The molecule has 1 atom stereocenters. The highest BCUT2D eigenvalue weighted by Gasteiger charge is 2.34. The maximum atomic E-state index is 13.9. The summed E-state index contributed by atoms with van der Waals surface area (Å²) >= 11 is 0. The van der Waals surface area contributed by atoms with Crippen LogP contribution in [0.2, 0.25) is 0 Å². The van der Waals surface area contributed by atoms with E-state index < -0.39 is 28.7 Å². The van der Waals surface area contributed by atoms with Crippen LogP contribution in [0, 0.1) is 20.8 Å². The number of nitrogens with one attached hydrogen (secondary N) is 1. The van der Waals surface area contributed by atoms with Gasteiger partial charge in [0, 0.05) is 26.7 Å². The minimum Gasteiger partial charge on any atom is -0.352 e. The number of aryl methyl sites for hydroxylation is 3. The number of benzene rings is 2. The third kappa shape index (κ3) is 7.11. The summed E-state index contributed by atoms with van der Waals surface area (Å²) in [6, 6.07) is 12.6. The van der Waals surface area contributed by atoms with Crippen molar-refractivity contribution in [2.24, 2.45) is 0 Å². The molecule has 1 saturated carbocycles. The van der Waals surface area contributed by atoms with E-state index in [-0.39, 0.29) is 18.5 Å². The summed E-state index contributed by atoms with van der Waals surface area (Å²) in [5.74, 6) is -0.663. The molecule has 1 fully saturated rings. The molecular formula is C28H40N4O4S. The number of hydrogen-bond donors (Lipinski definition) is 1. The van der Waals surface area contributed by atoms with Crippen LogP contribution in [0.5, 0.6) is 0 Å². The monoisotopic (exact) mass is 528 g/mol. The van der Waals surface area contributed by atoms with E-state index in [2.05, 4.69) is 5.32 Å². The van der Waals surface area contributed by atoms with E-state index in [1.807, 2.05) is 57.2 Å². The quantitative estimate of drug-likeness (QED) is 0.509. The molecule has 0 heterocycles. The lowest BCUT2D eigenvalue weighted by atomic mass is 10.1. The number of anilines is 1. The second kappa shape index (κ2) is 12.1. The molecule has 0 spiro atoms. The molecule has 0 aromatic heterocycles. The molecule has 0 unspecified atom stereocenters. The molecule has 3 rings (SSSR count). The molecule has 2 amide bonds. The lowest BCUT2D eigenvalue weighted by Crippen LogP contribution is -2.53. The number of amides is 2. The Morgan fingerprint density at radius 3 is 2.27 bits per heavy atom. The van der Waals surface area contributed by atoms with Crippen LogP contribution in [0.3, 0.4) is 0 Å². The van der Waals surface area contributed by atoms with Gasteiger partial charge in [-0.25, -0.2) is 4.31 Å². The molecular weight excluding hydrogens is 488 g/mol. The standard InChI is InChI=1S/C28H40N4O4S/c1-20-10-9-11-24(16-20)18-31(23(4)28(34)29-25-12-7-8-13-25)27(33)19-32(37(35,36)30(5)6)26-17-21(2)14-15-22(26)3/h9-11,14-17,23,25H,7-8,12-13,18-19H2,1-6H3,(H,29,34)/t23-/m0/s1.